The average Bonchev–Trinajstić information content (AvgIpc) is 2.87. The maximum atomic E-state index is 5.11. The van der Waals surface area contributed by atoms with Crippen molar-refractivity contribution in [2.45, 2.75) is 26.8 Å². The second-order valence-electron chi connectivity index (χ2n) is 3.71. The quantitative estimate of drug-likeness (QED) is 0.809. The lowest BCUT2D eigenvalue weighted by atomic mass is 10.1. The first kappa shape index (κ1) is 11.3. The Morgan fingerprint density at radius 1 is 1.44 bits per heavy atom. The van der Waals surface area contributed by atoms with E-state index in [9.17, 15) is 0 Å². The molecule has 0 saturated heterocycles. The van der Waals surface area contributed by atoms with Crippen molar-refractivity contribution in [3.63, 3.8) is 0 Å². The van der Waals surface area contributed by atoms with Gasteiger partial charge in [-0.3, -0.25) is 0 Å². The molecular weight excluding hydrogens is 222 g/mol. The van der Waals surface area contributed by atoms with Gasteiger partial charge in [0.2, 0.25) is 0 Å². The van der Waals surface area contributed by atoms with Gasteiger partial charge in [0, 0.05) is 17.5 Å². The molecule has 16 heavy (non-hydrogen) atoms. The van der Waals surface area contributed by atoms with Gasteiger partial charge in [-0.05, 0) is 26.8 Å². The lowest BCUT2D eigenvalue weighted by molar-refractivity contribution is 0.392. The van der Waals surface area contributed by atoms with Gasteiger partial charge in [-0.25, -0.2) is 4.98 Å². The summed E-state index contributed by atoms with van der Waals surface area (Å²) in [6, 6.07) is 0. The normalized spacial score (nSPS) is 10.9. The first-order chi connectivity index (χ1) is 7.77. The minimum Gasteiger partial charge on any atom is -0.361 e. The van der Waals surface area contributed by atoms with Crippen LogP contribution in [0.15, 0.2) is 15.4 Å². The molecule has 0 aliphatic carbocycles. The van der Waals surface area contributed by atoms with Crippen LogP contribution in [0.3, 0.4) is 0 Å². The lowest BCUT2D eigenvalue weighted by Crippen LogP contribution is -2.17. The van der Waals surface area contributed by atoms with Crippen LogP contribution >= 0.6 is 11.3 Å². The van der Waals surface area contributed by atoms with Crippen LogP contribution in [-0.4, -0.2) is 16.7 Å². The predicted molar refractivity (Wildman–Crippen MR) is 63.5 cm³/mol. The molecule has 0 aromatic carbocycles. The number of hydrogen-bond donors (Lipinski definition) is 1. The van der Waals surface area contributed by atoms with E-state index in [0.717, 1.165) is 36.7 Å². The van der Waals surface area contributed by atoms with Gasteiger partial charge in [-0.15, -0.1) is 11.3 Å². The topological polar surface area (TPSA) is 51.0 Å². The molecule has 0 saturated carbocycles. The zero-order valence-electron chi connectivity index (χ0n) is 9.49. The van der Waals surface area contributed by atoms with Crippen LogP contribution in [0, 0.1) is 13.8 Å². The number of aryl methyl sites for hydroxylation is 2. The van der Waals surface area contributed by atoms with Crippen LogP contribution in [0.4, 0.5) is 0 Å². The molecule has 86 valence electrons. The summed E-state index contributed by atoms with van der Waals surface area (Å²) in [7, 11) is 0. The number of nitrogens with zero attached hydrogens (tertiary/aromatic N) is 2. The summed E-state index contributed by atoms with van der Waals surface area (Å²) in [5.41, 5.74) is 5.16. The summed E-state index contributed by atoms with van der Waals surface area (Å²) in [6.45, 7) is 5.68. The molecule has 0 atom stereocenters. The van der Waals surface area contributed by atoms with E-state index in [1.54, 1.807) is 11.3 Å². The fourth-order valence-electron chi connectivity index (χ4n) is 1.61. The number of nitrogens with one attached hydrogen (secondary N) is 1. The minimum absolute atomic E-state index is 0.826. The Morgan fingerprint density at radius 2 is 2.31 bits per heavy atom. The van der Waals surface area contributed by atoms with E-state index in [1.807, 2.05) is 19.4 Å². The van der Waals surface area contributed by atoms with Crippen molar-refractivity contribution in [1.82, 2.24) is 15.5 Å². The number of aromatic nitrogens is 2. The third-order valence-electron chi connectivity index (χ3n) is 2.52. The molecule has 5 heteroatoms. The first-order valence-electron chi connectivity index (χ1n) is 5.27. The summed E-state index contributed by atoms with van der Waals surface area (Å²) in [5, 5.41) is 9.35. The maximum Gasteiger partial charge on any atom is 0.137 e. The molecule has 1 N–H and O–H groups in total. The highest BCUT2D eigenvalue weighted by Crippen LogP contribution is 2.12. The van der Waals surface area contributed by atoms with Crippen molar-refractivity contribution < 1.29 is 4.52 Å². The molecule has 0 amide bonds. The van der Waals surface area contributed by atoms with Gasteiger partial charge in [0.05, 0.1) is 16.9 Å². The molecule has 0 spiro atoms. The van der Waals surface area contributed by atoms with Crippen LogP contribution in [0.5, 0.6) is 0 Å². The molecule has 0 unspecified atom stereocenters. The van der Waals surface area contributed by atoms with Crippen molar-refractivity contribution in [2.75, 3.05) is 6.54 Å². The number of rotatable bonds is 5. The lowest BCUT2D eigenvalue weighted by Gasteiger charge is -2.02. The second-order valence-corrected chi connectivity index (χ2v) is 4.43. The number of thiazole rings is 1. The standard InChI is InChI=1S/C11H15N3OS/c1-8-11(9(2)15-14-8)3-4-12-5-10-6-16-7-13-10/h6-7,12H,3-5H2,1-2H3. The van der Waals surface area contributed by atoms with E-state index in [4.69, 9.17) is 4.52 Å². The molecule has 2 aromatic rings. The third kappa shape index (κ3) is 2.68. The largest absolute Gasteiger partial charge is 0.361 e. The first-order valence-corrected chi connectivity index (χ1v) is 6.21. The van der Waals surface area contributed by atoms with Gasteiger partial charge in [-0.2, -0.15) is 0 Å². The zero-order chi connectivity index (χ0) is 11.4. The summed E-state index contributed by atoms with van der Waals surface area (Å²) < 4.78 is 5.11. The van der Waals surface area contributed by atoms with Gasteiger partial charge in [0.1, 0.15) is 5.76 Å². The minimum atomic E-state index is 0.826. The summed E-state index contributed by atoms with van der Waals surface area (Å²) in [6.07, 6.45) is 0.950. The Hall–Kier alpha value is -1.20. The van der Waals surface area contributed by atoms with Crippen molar-refractivity contribution in [1.29, 1.82) is 0 Å². The molecule has 4 nitrogen and oxygen atoms in total. The van der Waals surface area contributed by atoms with Crippen LogP contribution in [0.1, 0.15) is 22.7 Å². The third-order valence-corrected chi connectivity index (χ3v) is 3.16. The van der Waals surface area contributed by atoms with E-state index in [-0.39, 0.29) is 0 Å². The Bertz CT molecular complexity index is 417. The van der Waals surface area contributed by atoms with Crippen LogP contribution in [-0.2, 0) is 13.0 Å². The fraction of sp³-hybridized carbons (Fsp3) is 0.455. The van der Waals surface area contributed by atoms with Crippen molar-refractivity contribution >= 4 is 11.3 Å². The van der Waals surface area contributed by atoms with Gasteiger partial charge in [0.15, 0.2) is 0 Å². The summed E-state index contributed by atoms with van der Waals surface area (Å²) in [4.78, 5) is 4.21. The van der Waals surface area contributed by atoms with Crippen molar-refractivity contribution in [2.24, 2.45) is 0 Å². The van der Waals surface area contributed by atoms with Crippen LogP contribution < -0.4 is 5.32 Å². The highest BCUT2D eigenvalue weighted by atomic mass is 32.1. The molecule has 2 rings (SSSR count). The Balaban J connectivity index is 1.76. The Morgan fingerprint density at radius 3 is 2.94 bits per heavy atom. The zero-order valence-corrected chi connectivity index (χ0v) is 10.3. The van der Waals surface area contributed by atoms with E-state index >= 15 is 0 Å². The summed E-state index contributed by atoms with van der Waals surface area (Å²) >= 11 is 1.62. The van der Waals surface area contributed by atoms with E-state index in [2.05, 4.69) is 20.8 Å². The maximum absolute atomic E-state index is 5.11. The highest BCUT2D eigenvalue weighted by molar-refractivity contribution is 7.07. The Labute approximate surface area is 98.7 Å². The van der Waals surface area contributed by atoms with Crippen molar-refractivity contribution in [3.05, 3.63) is 33.6 Å². The molecule has 2 aromatic heterocycles. The fourth-order valence-corrected chi connectivity index (χ4v) is 2.17. The molecule has 0 bridgehead atoms. The molecule has 2 heterocycles. The SMILES string of the molecule is Cc1noc(C)c1CCNCc1cscn1. The average molecular weight is 237 g/mol. The van der Waals surface area contributed by atoms with Crippen LogP contribution in [0.25, 0.3) is 0 Å². The second kappa shape index (κ2) is 5.23. The number of hydrogen-bond acceptors (Lipinski definition) is 5. The van der Waals surface area contributed by atoms with Crippen molar-refractivity contribution in [3.8, 4) is 0 Å². The Kier molecular flexibility index (Phi) is 3.69. The van der Waals surface area contributed by atoms with Crippen LogP contribution in [0.2, 0.25) is 0 Å². The van der Waals surface area contributed by atoms with Gasteiger partial charge in [0.25, 0.3) is 0 Å². The van der Waals surface area contributed by atoms with Gasteiger partial charge < -0.3 is 9.84 Å². The predicted octanol–water partition coefficient (Wildman–Crippen LogP) is 2.08. The van der Waals surface area contributed by atoms with Gasteiger partial charge in [-0.1, -0.05) is 5.16 Å². The van der Waals surface area contributed by atoms with E-state index in [1.165, 1.54) is 5.56 Å². The van der Waals surface area contributed by atoms with E-state index < -0.39 is 0 Å². The monoisotopic (exact) mass is 237 g/mol. The highest BCUT2D eigenvalue weighted by Gasteiger charge is 2.07. The molecule has 0 aliphatic rings. The smallest absolute Gasteiger partial charge is 0.137 e. The summed E-state index contributed by atoms with van der Waals surface area (Å²) in [5.74, 6) is 0.924. The van der Waals surface area contributed by atoms with E-state index in [0.29, 0.717) is 0 Å². The van der Waals surface area contributed by atoms with Gasteiger partial charge >= 0.3 is 0 Å². The molecule has 0 radical (unpaired) electrons. The molecule has 0 fully saturated rings. The molecular formula is C11H15N3OS. The molecule has 0 aliphatic heterocycles.